The van der Waals surface area contributed by atoms with Crippen LogP contribution in [0.15, 0.2) is 49.1 Å². The second kappa shape index (κ2) is 6.47. The highest BCUT2D eigenvalue weighted by molar-refractivity contribution is 5.46. The van der Waals surface area contributed by atoms with Gasteiger partial charge in [0.1, 0.15) is 24.5 Å². The van der Waals surface area contributed by atoms with Crippen LogP contribution < -0.4 is 4.57 Å². The summed E-state index contributed by atoms with van der Waals surface area (Å²) in [5.41, 5.74) is -2.86. The van der Waals surface area contributed by atoms with Gasteiger partial charge in [0.25, 0.3) is 0 Å². The average Bonchev–Trinajstić information content (AvgIpc) is 3.03. The molecule has 0 aliphatic heterocycles. The summed E-state index contributed by atoms with van der Waals surface area (Å²) in [5, 5.41) is 0. The predicted octanol–water partition coefficient (Wildman–Crippen LogP) is 4.39. The van der Waals surface area contributed by atoms with E-state index >= 15 is 0 Å². The zero-order valence-corrected chi connectivity index (χ0v) is 12.9. The second-order valence-corrected chi connectivity index (χ2v) is 5.46. The molecule has 0 aliphatic carbocycles. The molecule has 0 saturated heterocycles. The number of nitrogens with zero attached hydrogens (tertiary/aromatic N) is 2. The zero-order valence-electron chi connectivity index (χ0n) is 12.9. The van der Waals surface area contributed by atoms with Crippen molar-refractivity contribution >= 4 is 0 Å². The van der Waals surface area contributed by atoms with Gasteiger partial charge in [-0.2, -0.15) is 22.1 Å². The Morgan fingerprint density at radius 1 is 0.846 bits per heavy atom. The van der Waals surface area contributed by atoms with E-state index in [0.29, 0.717) is 4.57 Å². The van der Waals surface area contributed by atoms with E-state index in [1.54, 1.807) is 30.3 Å². The van der Waals surface area contributed by atoms with Gasteiger partial charge in [0, 0.05) is 0 Å². The molecule has 26 heavy (non-hydrogen) atoms. The molecule has 3 rings (SSSR count). The quantitative estimate of drug-likeness (QED) is 0.278. The fraction of sp³-hybridized carbons (Fsp3) is 0.118. The molecule has 0 aliphatic rings. The summed E-state index contributed by atoms with van der Waals surface area (Å²) in [6.07, 6.45) is -2.11. The summed E-state index contributed by atoms with van der Waals surface area (Å²) < 4.78 is 95.8. The average molecular weight is 375 g/mol. The van der Waals surface area contributed by atoms with Gasteiger partial charge in [-0.05, 0) is 5.56 Å². The van der Waals surface area contributed by atoms with Crippen molar-refractivity contribution in [2.45, 2.75) is 12.7 Å². The molecule has 2 aromatic carbocycles. The van der Waals surface area contributed by atoms with Crippen LogP contribution in [-0.2, 0) is 12.7 Å². The van der Waals surface area contributed by atoms with Crippen LogP contribution in [0, 0.1) is 23.3 Å². The Labute approximate surface area is 142 Å². The Bertz CT molecular complexity index is 946. The number of hydrogen-bond donors (Lipinski definition) is 0. The number of imidazole rings is 1. The molecule has 9 heteroatoms. The van der Waals surface area contributed by atoms with Gasteiger partial charge in [0.2, 0.25) is 18.0 Å². The first kappa shape index (κ1) is 18.0. The van der Waals surface area contributed by atoms with Crippen LogP contribution in [-0.4, -0.2) is 4.57 Å². The number of hydrogen-bond acceptors (Lipinski definition) is 0. The summed E-state index contributed by atoms with van der Waals surface area (Å²) >= 11 is 0. The SMILES string of the molecule is Fc1c(F)c(F)c(C(F)(F)F)c(-n2cc[n+](Cc3ccccc3)c2)c1F. The largest absolute Gasteiger partial charge is 0.423 e. The van der Waals surface area contributed by atoms with Crippen LogP contribution in [0.2, 0.25) is 0 Å². The van der Waals surface area contributed by atoms with Crippen molar-refractivity contribution in [3.05, 3.63) is 83.4 Å². The van der Waals surface area contributed by atoms with Gasteiger partial charge in [0.15, 0.2) is 17.3 Å². The second-order valence-electron chi connectivity index (χ2n) is 5.46. The normalized spacial score (nSPS) is 11.8. The molecule has 0 saturated carbocycles. The number of alkyl halides is 3. The molecule has 1 aromatic heterocycles. The maximum atomic E-state index is 14.0. The molecule has 0 fully saturated rings. The first-order chi connectivity index (χ1) is 12.2. The molecule has 0 amide bonds. The summed E-state index contributed by atoms with van der Waals surface area (Å²) in [5.74, 6) is -9.44. The van der Waals surface area contributed by atoms with Crippen LogP contribution in [0.1, 0.15) is 11.1 Å². The van der Waals surface area contributed by atoms with Crippen molar-refractivity contribution in [3.63, 3.8) is 0 Å². The smallest absolute Gasteiger partial charge is 0.232 e. The van der Waals surface area contributed by atoms with Gasteiger partial charge in [-0.25, -0.2) is 17.7 Å². The number of benzene rings is 2. The molecule has 136 valence electrons. The predicted molar refractivity (Wildman–Crippen MR) is 76.3 cm³/mol. The van der Waals surface area contributed by atoms with Crippen LogP contribution in [0.3, 0.4) is 0 Å². The molecule has 0 unspecified atom stereocenters. The fourth-order valence-corrected chi connectivity index (χ4v) is 2.54. The van der Waals surface area contributed by atoms with Crippen molar-refractivity contribution in [2.24, 2.45) is 0 Å². The van der Waals surface area contributed by atoms with Crippen LogP contribution in [0.4, 0.5) is 30.7 Å². The van der Waals surface area contributed by atoms with Gasteiger partial charge in [-0.3, -0.25) is 0 Å². The lowest BCUT2D eigenvalue weighted by molar-refractivity contribution is -0.687. The van der Waals surface area contributed by atoms with E-state index in [1.807, 2.05) is 0 Å². The Morgan fingerprint density at radius 2 is 1.46 bits per heavy atom. The Balaban J connectivity index is 2.13. The van der Waals surface area contributed by atoms with Crippen LogP contribution in [0.25, 0.3) is 5.69 Å². The fourth-order valence-electron chi connectivity index (χ4n) is 2.54. The molecule has 0 spiro atoms. The van der Waals surface area contributed by atoms with Crippen molar-refractivity contribution in [2.75, 3.05) is 0 Å². The lowest BCUT2D eigenvalue weighted by Gasteiger charge is -2.13. The third-order valence-electron chi connectivity index (χ3n) is 3.68. The molecular weight excluding hydrogens is 365 g/mol. The summed E-state index contributed by atoms with van der Waals surface area (Å²) in [6.45, 7) is 0.225. The van der Waals surface area contributed by atoms with Crippen LogP contribution >= 0.6 is 0 Å². The Hall–Kier alpha value is -2.84. The Kier molecular flexibility index (Phi) is 4.47. The highest BCUT2D eigenvalue weighted by Crippen LogP contribution is 2.39. The topological polar surface area (TPSA) is 8.81 Å². The van der Waals surface area contributed by atoms with Crippen molar-refractivity contribution in [1.29, 1.82) is 0 Å². The lowest BCUT2D eigenvalue weighted by Crippen LogP contribution is -2.31. The van der Waals surface area contributed by atoms with Gasteiger partial charge >= 0.3 is 6.18 Å². The molecule has 0 radical (unpaired) electrons. The molecular formula is C17H10F7N2+. The first-order valence-electron chi connectivity index (χ1n) is 7.24. The van der Waals surface area contributed by atoms with E-state index in [9.17, 15) is 30.7 Å². The minimum atomic E-state index is -5.43. The number of halogens is 7. The summed E-state index contributed by atoms with van der Waals surface area (Å²) in [7, 11) is 0. The highest BCUT2D eigenvalue weighted by Gasteiger charge is 2.44. The standard InChI is InChI=1S/C17H10F7N2/c18-12-11(17(22,23)24)16(15(21)14(20)13(12)19)26-7-6-25(9-26)8-10-4-2-1-3-5-10/h1-7,9H,8H2/q+1. The van der Waals surface area contributed by atoms with E-state index in [0.717, 1.165) is 18.1 Å². The van der Waals surface area contributed by atoms with Crippen molar-refractivity contribution in [1.82, 2.24) is 4.57 Å². The minimum absolute atomic E-state index is 0.225. The molecule has 0 bridgehead atoms. The molecule has 0 N–H and O–H groups in total. The van der Waals surface area contributed by atoms with Gasteiger partial charge in [-0.15, -0.1) is 0 Å². The minimum Gasteiger partial charge on any atom is -0.232 e. The van der Waals surface area contributed by atoms with Crippen molar-refractivity contribution < 1.29 is 35.3 Å². The molecule has 0 atom stereocenters. The third kappa shape index (κ3) is 3.16. The molecule has 1 heterocycles. The van der Waals surface area contributed by atoms with E-state index in [2.05, 4.69) is 0 Å². The van der Waals surface area contributed by atoms with Gasteiger partial charge < -0.3 is 0 Å². The number of rotatable bonds is 3. The molecule has 2 nitrogen and oxygen atoms in total. The van der Waals surface area contributed by atoms with Gasteiger partial charge in [0.05, 0.1) is 0 Å². The number of aromatic nitrogens is 2. The zero-order chi connectivity index (χ0) is 19.1. The van der Waals surface area contributed by atoms with Crippen LogP contribution in [0.5, 0.6) is 0 Å². The van der Waals surface area contributed by atoms with E-state index < -0.39 is 40.7 Å². The maximum Gasteiger partial charge on any atom is 0.423 e. The van der Waals surface area contributed by atoms with Crippen molar-refractivity contribution in [3.8, 4) is 5.69 Å². The van der Waals surface area contributed by atoms with E-state index in [-0.39, 0.29) is 6.54 Å². The first-order valence-corrected chi connectivity index (χ1v) is 7.24. The molecule has 3 aromatic rings. The van der Waals surface area contributed by atoms with E-state index in [4.69, 9.17) is 0 Å². The highest BCUT2D eigenvalue weighted by atomic mass is 19.4. The maximum absolute atomic E-state index is 14.0. The van der Waals surface area contributed by atoms with Gasteiger partial charge in [-0.1, -0.05) is 30.3 Å². The summed E-state index contributed by atoms with van der Waals surface area (Å²) in [6, 6.07) is 8.78. The summed E-state index contributed by atoms with van der Waals surface area (Å²) in [4.78, 5) is 0. The monoisotopic (exact) mass is 375 g/mol. The lowest BCUT2D eigenvalue weighted by atomic mass is 10.1. The third-order valence-corrected chi connectivity index (χ3v) is 3.68. The van der Waals surface area contributed by atoms with E-state index in [1.165, 1.54) is 10.8 Å². The Morgan fingerprint density at radius 3 is 2.08 bits per heavy atom.